The Morgan fingerprint density at radius 1 is 1.29 bits per heavy atom. The van der Waals surface area contributed by atoms with Crippen molar-refractivity contribution in [2.45, 2.75) is 26.8 Å². The van der Waals surface area contributed by atoms with Crippen molar-refractivity contribution >= 4 is 11.6 Å². The minimum Gasteiger partial charge on any atom is -0.503 e. The molecule has 118 valence electrons. The van der Waals surface area contributed by atoms with Crippen LogP contribution in [0.5, 0.6) is 11.5 Å². The second kappa shape index (κ2) is 6.42. The molecule has 0 aromatic heterocycles. The predicted molar refractivity (Wildman–Crippen MR) is 86.3 cm³/mol. The number of nitrogens with zero attached hydrogens (tertiary/aromatic N) is 1. The van der Waals surface area contributed by atoms with Gasteiger partial charge in [0.25, 0.3) is 0 Å². The van der Waals surface area contributed by atoms with Crippen LogP contribution in [0.4, 0.5) is 0 Å². The molecule has 1 aromatic carbocycles. The molecular weight excluding hydrogens is 288 g/mol. The first-order valence-corrected chi connectivity index (χ1v) is 7.73. The monoisotopic (exact) mass is 312 g/mol. The molecule has 5 heteroatoms. The van der Waals surface area contributed by atoms with Crippen molar-refractivity contribution in [3.63, 3.8) is 0 Å². The van der Waals surface area contributed by atoms with Crippen LogP contribution < -0.4 is 10.1 Å². The molecule has 0 unspecified atom stereocenters. The number of halogens is 1. The number of nitrogens with one attached hydrogen (secondary N) is 1. The Balaban J connectivity index is 2.43. The van der Waals surface area contributed by atoms with Gasteiger partial charge in [-0.1, -0.05) is 32.4 Å². The highest BCUT2D eigenvalue weighted by atomic mass is 35.5. The summed E-state index contributed by atoms with van der Waals surface area (Å²) in [6.45, 7) is 10.7. The lowest BCUT2D eigenvalue weighted by Crippen LogP contribution is -2.48. The van der Waals surface area contributed by atoms with Crippen LogP contribution in [0.25, 0.3) is 0 Å². The summed E-state index contributed by atoms with van der Waals surface area (Å²) < 4.78 is 5.25. The second-order valence-electron chi connectivity index (χ2n) is 6.61. The summed E-state index contributed by atoms with van der Waals surface area (Å²) >= 11 is 6.17. The Morgan fingerprint density at radius 3 is 2.43 bits per heavy atom. The van der Waals surface area contributed by atoms with Crippen molar-refractivity contribution < 1.29 is 9.84 Å². The van der Waals surface area contributed by atoms with Gasteiger partial charge in [0.05, 0.1) is 12.1 Å². The van der Waals surface area contributed by atoms with Crippen LogP contribution in [-0.2, 0) is 0 Å². The third-order valence-electron chi connectivity index (χ3n) is 3.92. The smallest absolute Gasteiger partial charge is 0.176 e. The molecule has 1 aromatic rings. The maximum absolute atomic E-state index is 9.94. The molecule has 1 fully saturated rings. The molecule has 4 nitrogen and oxygen atoms in total. The van der Waals surface area contributed by atoms with Gasteiger partial charge in [-0.15, -0.1) is 0 Å². The molecule has 2 N–H and O–H groups in total. The van der Waals surface area contributed by atoms with Crippen LogP contribution >= 0.6 is 11.6 Å². The lowest BCUT2D eigenvalue weighted by molar-refractivity contribution is 0.0860. The highest BCUT2D eigenvalue weighted by Gasteiger charge is 2.33. The van der Waals surface area contributed by atoms with Gasteiger partial charge in [-0.2, -0.15) is 0 Å². The van der Waals surface area contributed by atoms with Crippen molar-refractivity contribution in [3.05, 3.63) is 22.7 Å². The molecular formula is C16H25ClN2O2. The molecule has 0 amide bonds. The summed E-state index contributed by atoms with van der Waals surface area (Å²) in [5.41, 5.74) is 1.15. The van der Waals surface area contributed by atoms with E-state index >= 15 is 0 Å². The molecule has 0 radical (unpaired) electrons. The number of hydrogen-bond acceptors (Lipinski definition) is 4. The number of benzene rings is 1. The molecule has 1 saturated heterocycles. The highest BCUT2D eigenvalue weighted by Crippen LogP contribution is 2.43. The first-order chi connectivity index (χ1) is 9.84. The maximum atomic E-state index is 9.94. The Morgan fingerprint density at radius 2 is 1.90 bits per heavy atom. The SMILES string of the molecule is COc1cc([C@H](N2CCNCC2)C(C)(C)C)cc(Cl)c1O. The Hall–Kier alpha value is -0.970. The summed E-state index contributed by atoms with van der Waals surface area (Å²) in [5.74, 6) is 0.442. The minimum atomic E-state index is 0.0101. The normalized spacial score (nSPS) is 18.5. The van der Waals surface area contributed by atoms with Gasteiger partial charge in [-0.3, -0.25) is 4.90 Å². The number of phenols is 1. The number of methoxy groups -OCH3 is 1. The van der Waals surface area contributed by atoms with E-state index in [0.717, 1.165) is 31.7 Å². The standard InChI is InChI=1S/C16H25ClN2O2/c1-16(2,3)15(19-7-5-18-6-8-19)11-9-12(17)14(20)13(10-11)21-4/h9-10,15,18,20H,5-8H2,1-4H3/t15-/m0/s1. The molecule has 0 saturated carbocycles. The Labute approximate surface area is 132 Å². The Bertz CT molecular complexity index is 494. The topological polar surface area (TPSA) is 44.7 Å². The third kappa shape index (κ3) is 3.62. The molecule has 2 rings (SSSR count). The molecule has 1 atom stereocenters. The van der Waals surface area contributed by atoms with Crippen LogP contribution in [-0.4, -0.2) is 43.3 Å². The number of aromatic hydroxyl groups is 1. The van der Waals surface area contributed by atoms with Crippen LogP contribution in [0.3, 0.4) is 0 Å². The fraction of sp³-hybridized carbons (Fsp3) is 0.625. The summed E-state index contributed by atoms with van der Waals surface area (Å²) in [7, 11) is 1.55. The summed E-state index contributed by atoms with van der Waals surface area (Å²) in [6, 6.07) is 3.99. The molecule has 0 bridgehead atoms. The average Bonchev–Trinajstić information content (AvgIpc) is 2.42. The quantitative estimate of drug-likeness (QED) is 0.900. The van der Waals surface area contributed by atoms with Gasteiger partial charge in [-0.25, -0.2) is 0 Å². The lowest BCUT2D eigenvalue weighted by atomic mass is 9.81. The highest BCUT2D eigenvalue weighted by molar-refractivity contribution is 6.32. The van der Waals surface area contributed by atoms with Crippen molar-refractivity contribution in [1.29, 1.82) is 0 Å². The summed E-state index contributed by atoms with van der Waals surface area (Å²) in [5, 5.41) is 13.7. The van der Waals surface area contributed by atoms with Crippen LogP contribution in [0.15, 0.2) is 12.1 Å². The molecule has 1 heterocycles. The van der Waals surface area contributed by atoms with Crippen LogP contribution in [0.1, 0.15) is 32.4 Å². The van der Waals surface area contributed by atoms with Crippen molar-refractivity contribution in [2.24, 2.45) is 5.41 Å². The van der Waals surface area contributed by atoms with Gasteiger partial charge in [0.1, 0.15) is 0 Å². The molecule has 21 heavy (non-hydrogen) atoms. The van der Waals surface area contributed by atoms with Gasteiger partial charge in [-0.05, 0) is 23.1 Å². The van der Waals surface area contributed by atoms with E-state index < -0.39 is 0 Å². The number of ether oxygens (including phenoxy) is 1. The number of piperazine rings is 1. The molecule has 1 aliphatic rings. The van der Waals surface area contributed by atoms with Crippen molar-refractivity contribution in [2.75, 3.05) is 33.3 Å². The van der Waals surface area contributed by atoms with E-state index in [1.807, 2.05) is 12.1 Å². The molecule has 0 spiro atoms. The van der Waals surface area contributed by atoms with Crippen molar-refractivity contribution in [1.82, 2.24) is 10.2 Å². The predicted octanol–water partition coefficient (Wildman–Crippen LogP) is 3.05. The maximum Gasteiger partial charge on any atom is 0.176 e. The lowest BCUT2D eigenvalue weighted by Gasteiger charge is -2.42. The van der Waals surface area contributed by atoms with E-state index in [-0.39, 0.29) is 17.2 Å². The molecule has 0 aliphatic carbocycles. The fourth-order valence-electron chi connectivity index (χ4n) is 3.11. The van der Waals surface area contributed by atoms with Crippen molar-refractivity contribution in [3.8, 4) is 11.5 Å². The molecule has 1 aliphatic heterocycles. The number of phenolic OH excluding ortho intramolecular Hbond substituents is 1. The zero-order valence-corrected chi connectivity index (χ0v) is 14.0. The van der Waals surface area contributed by atoms with E-state index in [1.54, 1.807) is 7.11 Å². The van der Waals surface area contributed by atoms with Gasteiger partial charge in [0.2, 0.25) is 0 Å². The largest absolute Gasteiger partial charge is 0.503 e. The number of hydrogen-bond donors (Lipinski definition) is 2. The van der Waals surface area contributed by atoms with Gasteiger partial charge >= 0.3 is 0 Å². The fourth-order valence-corrected chi connectivity index (χ4v) is 3.33. The van der Waals surface area contributed by atoms with E-state index in [4.69, 9.17) is 16.3 Å². The van der Waals surface area contributed by atoms with E-state index in [1.165, 1.54) is 0 Å². The third-order valence-corrected chi connectivity index (χ3v) is 4.21. The number of rotatable bonds is 3. The van der Waals surface area contributed by atoms with E-state index in [0.29, 0.717) is 10.8 Å². The van der Waals surface area contributed by atoms with Crippen LogP contribution in [0, 0.1) is 5.41 Å². The van der Waals surface area contributed by atoms with E-state index in [2.05, 4.69) is 31.0 Å². The average molecular weight is 313 g/mol. The van der Waals surface area contributed by atoms with Crippen LogP contribution in [0.2, 0.25) is 5.02 Å². The minimum absolute atomic E-state index is 0.0101. The van der Waals surface area contributed by atoms with Gasteiger partial charge < -0.3 is 15.2 Å². The summed E-state index contributed by atoms with van der Waals surface area (Å²) in [4.78, 5) is 2.47. The first kappa shape index (κ1) is 16.4. The summed E-state index contributed by atoms with van der Waals surface area (Å²) in [6.07, 6.45) is 0. The zero-order chi connectivity index (χ0) is 15.6. The Kier molecular flexibility index (Phi) is 5.02. The van der Waals surface area contributed by atoms with Gasteiger partial charge in [0, 0.05) is 32.2 Å². The zero-order valence-electron chi connectivity index (χ0n) is 13.2. The van der Waals surface area contributed by atoms with E-state index in [9.17, 15) is 5.11 Å². The first-order valence-electron chi connectivity index (χ1n) is 7.35. The second-order valence-corrected chi connectivity index (χ2v) is 7.02. The van der Waals surface area contributed by atoms with Gasteiger partial charge in [0.15, 0.2) is 11.5 Å².